The van der Waals surface area contributed by atoms with Crippen LogP contribution in [0.1, 0.15) is 32.0 Å². The molecule has 25 heavy (non-hydrogen) atoms. The smallest absolute Gasteiger partial charge is 0.318 e. The minimum absolute atomic E-state index is 0.0722. The zero-order valence-electron chi connectivity index (χ0n) is 15.7. The molecule has 1 aromatic carbocycles. The molecule has 0 atom stereocenters. The topological polar surface area (TPSA) is 46.5 Å². The van der Waals surface area contributed by atoms with Crippen LogP contribution in [0.15, 0.2) is 48.7 Å². The molecule has 0 fully saturated rings. The van der Waals surface area contributed by atoms with E-state index in [-0.39, 0.29) is 11.6 Å². The minimum atomic E-state index is -0.269. The maximum atomic E-state index is 12.6. The van der Waals surface area contributed by atoms with Crippen LogP contribution >= 0.6 is 0 Å². The van der Waals surface area contributed by atoms with E-state index in [1.807, 2.05) is 45.0 Å². The summed E-state index contributed by atoms with van der Waals surface area (Å²) in [5.74, 6) is 0. The van der Waals surface area contributed by atoms with Gasteiger partial charge in [0, 0.05) is 37.6 Å². The van der Waals surface area contributed by atoms with Gasteiger partial charge in [-0.2, -0.15) is 0 Å². The summed E-state index contributed by atoms with van der Waals surface area (Å²) >= 11 is 0. The molecule has 1 heterocycles. The van der Waals surface area contributed by atoms with Crippen LogP contribution in [-0.2, 0) is 17.8 Å². The Kier molecular flexibility index (Phi) is 6.65. The first-order chi connectivity index (χ1) is 11.9. The summed E-state index contributed by atoms with van der Waals surface area (Å²) in [5.41, 5.74) is 2.07. The number of methoxy groups -OCH3 is 1. The third-order valence-electron chi connectivity index (χ3n) is 3.81. The zero-order valence-corrected chi connectivity index (χ0v) is 15.7. The van der Waals surface area contributed by atoms with Crippen molar-refractivity contribution in [2.24, 2.45) is 0 Å². The van der Waals surface area contributed by atoms with Crippen molar-refractivity contribution in [3.05, 3.63) is 59.9 Å². The molecule has 1 aromatic heterocycles. The van der Waals surface area contributed by atoms with Crippen molar-refractivity contribution in [2.75, 3.05) is 20.3 Å². The molecule has 0 aliphatic rings. The lowest BCUT2D eigenvalue weighted by molar-refractivity contribution is 0.141. The lowest BCUT2D eigenvalue weighted by Gasteiger charge is -2.28. The molecule has 2 aromatic rings. The van der Waals surface area contributed by atoms with Crippen LogP contribution in [0.4, 0.5) is 4.79 Å². The van der Waals surface area contributed by atoms with Crippen LogP contribution in [0.5, 0.6) is 0 Å². The zero-order chi connectivity index (χ0) is 18.3. The van der Waals surface area contributed by atoms with Gasteiger partial charge in [0.25, 0.3) is 0 Å². The number of benzene rings is 1. The highest BCUT2D eigenvalue weighted by molar-refractivity contribution is 5.74. The molecule has 1 N–H and O–H groups in total. The van der Waals surface area contributed by atoms with Crippen molar-refractivity contribution in [2.45, 2.75) is 39.4 Å². The number of carbonyl (C=O) groups excluding carboxylic acids is 1. The van der Waals surface area contributed by atoms with Crippen molar-refractivity contribution < 1.29 is 9.53 Å². The van der Waals surface area contributed by atoms with Crippen molar-refractivity contribution in [3.8, 4) is 0 Å². The Morgan fingerprint density at radius 3 is 2.52 bits per heavy atom. The highest BCUT2D eigenvalue weighted by Crippen LogP contribution is 2.12. The van der Waals surface area contributed by atoms with Gasteiger partial charge < -0.3 is 19.5 Å². The Morgan fingerprint density at radius 1 is 1.16 bits per heavy atom. The molecule has 0 radical (unpaired) electrons. The lowest BCUT2D eigenvalue weighted by atomic mass is 10.1. The number of nitrogens with one attached hydrogen (secondary N) is 1. The third kappa shape index (κ3) is 6.27. The fourth-order valence-electron chi connectivity index (χ4n) is 2.58. The van der Waals surface area contributed by atoms with Crippen LogP contribution in [0.3, 0.4) is 0 Å². The van der Waals surface area contributed by atoms with E-state index in [1.165, 1.54) is 5.56 Å². The largest absolute Gasteiger partial charge is 0.383 e. The van der Waals surface area contributed by atoms with Gasteiger partial charge in [0.05, 0.1) is 13.2 Å². The van der Waals surface area contributed by atoms with E-state index in [0.29, 0.717) is 19.7 Å². The Balaban J connectivity index is 2.10. The second-order valence-corrected chi connectivity index (χ2v) is 7.21. The molecular weight excluding hydrogens is 314 g/mol. The normalized spacial score (nSPS) is 11.4. The summed E-state index contributed by atoms with van der Waals surface area (Å²) in [7, 11) is 1.65. The maximum absolute atomic E-state index is 12.6. The van der Waals surface area contributed by atoms with Crippen molar-refractivity contribution in [1.82, 2.24) is 14.8 Å². The highest BCUT2D eigenvalue weighted by Gasteiger charge is 2.20. The van der Waals surface area contributed by atoms with Gasteiger partial charge in [-0.25, -0.2) is 4.79 Å². The van der Waals surface area contributed by atoms with Gasteiger partial charge in [-0.3, -0.25) is 0 Å². The second kappa shape index (κ2) is 8.72. The van der Waals surface area contributed by atoms with E-state index in [1.54, 1.807) is 12.0 Å². The van der Waals surface area contributed by atoms with Gasteiger partial charge in [0.2, 0.25) is 0 Å². The molecule has 0 saturated carbocycles. The first-order valence-corrected chi connectivity index (χ1v) is 8.63. The molecule has 2 rings (SSSR count). The third-order valence-corrected chi connectivity index (χ3v) is 3.81. The van der Waals surface area contributed by atoms with Gasteiger partial charge in [0.1, 0.15) is 0 Å². The number of hydrogen-bond donors (Lipinski definition) is 1. The van der Waals surface area contributed by atoms with E-state index in [2.05, 4.69) is 34.3 Å². The van der Waals surface area contributed by atoms with Crippen molar-refractivity contribution in [3.63, 3.8) is 0 Å². The number of rotatable bonds is 7. The van der Waals surface area contributed by atoms with E-state index < -0.39 is 0 Å². The standard InChI is InChI=1S/C20H29N3O2/c1-20(2,3)21-19(24)23(13-14-25-4)16-18-11-8-12-22(18)15-17-9-6-5-7-10-17/h5-12H,13-16H2,1-4H3,(H,21,24). The van der Waals surface area contributed by atoms with E-state index in [4.69, 9.17) is 4.74 Å². The molecular formula is C20H29N3O2. The summed E-state index contributed by atoms with van der Waals surface area (Å²) in [6.45, 7) is 8.35. The van der Waals surface area contributed by atoms with E-state index in [9.17, 15) is 4.79 Å². The molecule has 0 saturated heterocycles. The second-order valence-electron chi connectivity index (χ2n) is 7.21. The lowest BCUT2D eigenvalue weighted by Crippen LogP contribution is -2.49. The predicted molar refractivity (Wildman–Crippen MR) is 101 cm³/mol. The van der Waals surface area contributed by atoms with Gasteiger partial charge >= 0.3 is 6.03 Å². The summed E-state index contributed by atoms with van der Waals surface area (Å²) in [6, 6.07) is 14.3. The SMILES string of the molecule is COCCN(Cc1cccn1Cc1ccccc1)C(=O)NC(C)(C)C. The molecule has 5 nitrogen and oxygen atoms in total. The molecule has 0 unspecified atom stereocenters. The Labute approximate surface area is 150 Å². The number of carbonyl (C=O) groups is 1. The van der Waals surface area contributed by atoms with E-state index >= 15 is 0 Å². The predicted octanol–water partition coefficient (Wildman–Crippen LogP) is 3.49. The Hall–Kier alpha value is -2.27. The molecule has 0 spiro atoms. The van der Waals surface area contributed by atoms with Gasteiger partial charge in [-0.1, -0.05) is 30.3 Å². The monoisotopic (exact) mass is 343 g/mol. The molecule has 2 amide bonds. The Bertz CT molecular complexity index is 659. The molecule has 136 valence electrons. The van der Waals surface area contributed by atoms with Gasteiger partial charge in [0.15, 0.2) is 0 Å². The van der Waals surface area contributed by atoms with Crippen LogP contribution < -0.4 is 5.32 Å². The Morgan fingerprint density at radius 2 is 1.88 bits per heavy atom. The van der Waals surface area contributed by atoms with Crippen molar-refractivity contribution >= 4 is 6.03 Å². The van der Waals surface area contributed by atoms with Crippen LogP contribution in [0.25, 0.3) is 0 Å². The first-order valence-electron chi connectivity index (χ1n) is 8.63. The maximum Gasteiger partial charge on any atom is 0.318 e. The van der Waals surface area contributed by atoms with Crippen molar-refractivity contribution in [1.29, 1.82) is 0 Å². The number of hydrogen-bond acceptors (Lipinski definition) is 2. The van der Waals surface area contributed by atoms with Crippen LogP contribution in [-0.4, -0.2) is 41.3 Å². The minimum Gasteiger partial charge on any atom is -0.383 e. The number of amides is 2. The van der Waals surface area contributed by atoms with Crippen LogP contribution in [0.2, 0.25) is 0 Å². The molecule has 0 aliphatic carbocycles. The number of urea groups is 1. The average molecular weight is 343 g/mol. The number of ether oxygens (including phenoxy) is 1. The number of nitrogens with zero attached hydrogens (tertiary/aromatic N) is 2. The van der Waals surface area contributed by atoms with Gasteiger partial charge in [-0.05, 0) is 38.5 Å². The fraction of sp³-hybridized carbons (Fsp3) is 0.450. The first kappa shape index (κ1) is 19.1. The molecule has 0 bridgehead atoms. The summed E-state index contributed by atoms with van der Waals surface area (Å²) in [4.78, 5) is 14.4. The quantitative estimate of drug-likeness (QED) is 0.836. The summed E-state index contributed by atoms with van der Waals surface area (Å²) < 4.78 is 7.35. The highest BCUT2D eigenvalue weighted by atomic mass is 16.5. The molecule has 5 heteroatoms. The summed E-state index contributed by atoms with van der Waals surface area (Å²) in [6.07, 6.45) is 2.05. The van der Waals surface area contributed by atoms with Crippen LogP contribution in [0, 0.1) is 0 Å². The van der Waals surface area contributed by atoms with Gasteiger partial charge in [-0.15, -0.1) is 0 Å². The average Bonchev–Trinajstić information content (AvgIpc) is 2.97. The van der Waals surface area contributed by atoms with E-state index in [0.717, 1.165) is 12.2 Å². The molecule has 0 aliphatic heterocycles. The fourth-order valence-corrected chi connectivity index (χ4v) is 2.58. The summed E-state index contributed by atoms with van der Waals surface area (Å²) in [5, 5.41) is 3.03. The number of aromatic nitrogens is 1.